The maximum atomic E-state index is 12.6. The normalized spacial score (nSPS) is 14.8. The van der Waals surface area contributed by atoms with Crippen LogP contribution in [0.3, 0.4) is 0 Å². The molecule has 2 heterocycles. The largest absolute Gasteiger partial charge is 0.497 e. The van der Waals surface area contributed by atoms with Gasteiger partial charge < -0.3 is 14.4 Å². The first kappa shape index (κ1) is 19.2. The molecule has 0 saturated carbocycles. The monoisotopic (exact) mass is 369 g/mol. The third kappa shape index (κ3) is 5.20. The number of ether oxygens (including phenoxy) is 2. The summed E-state index contributed by atoms with van der Waals surface area (Å²) < 4.78 is 10.7. The summed E-state index contributed by atoms with van der Waals surface area (Å²) in [5.74, 6) is 1.78. The van der Waals surface area contributed by atoms with Gasteiger partial charge in [0.05, 0.1) is 14.2 Å². The molecule has 1 aromatic heterocycles. The van der Waals surface area contributed by atoms with E-state index < -0.39 is 0 Å². The fraction of sp³-hybridized carbons (Fsp3) is 0.429. The second-order valence-electron chi connectivity index (χ2n) is 6.69. The molecule has 6 nitrogen and oxygen atoms in total. The summed E-state index contributed by atoms with van der Waals surface area (Å²) in [4.78, 5) is 21.0. The first-order chi connectivity index (χ1) is 13.2. The van der Waals surface area contributed by atoms with Gasteiger partial charge in [-0.3, -0.25) is 14.7 Å². The van der Waals surface area contributed by atoms with E-state index >= 15 is 0 Å². The molecule has 1 saturated heterocycles. The summed E-state index contributed by atoms with van der Waals surface area (Å²) in [6, 6.07) is 9.78. The van der Waals surface area contributed by atoms with E-state index in [9.17, 15) is 4.79 Å². The van der Waals surface area contributed by atoms with Crippen LogP contribution in [0.1, 0.15) is 17.5 Å². The molecule has 0 radical (unpaired) electrons. The summed E-state index contributed by atoms with van der Waals surface area (Å²) in [5.41, 5.74) is 2.26. The van der Waals surface area contributed by atoms with Gasteiger partial charge in [-0.1, -0.05) is 0 Å². The van der Waals surface area contributed by atoms with Crippen molar-refractivity contribution in [3.63, 3.8) is 0 Å². The lowest BCUT2D eigenvalue weighted by Crippen LogP contribution is -2.48. The maximum absolute atomic E-state index is 12.6. The first-order valence-corrected chi connectivity index (χ1v) is 9.29. The smallest absolute Gasteiger partial charge is 0.222 e. The van der Waals surface area contributed by atoms with Crippen LogP contribution in [-0.2, 0) is 17.8 Å². The molecule has 6 heteroatoms. The molecule has 1 aromatic carbocycles. The van der Waals surface area contributed by atoms with E-state index in [1.54, 1.807) is 14.2 Å². The number of rotatable bonds is 7. The standard InChI is InChI=1S/C21H27N3O3/c1-26-19-4-5-20(27-2)18(15-19)3-6-21(25)24-13-11-23(12-14-24)16-17-7-9-22-10-8-17/h4-5,7-10,15H,3,6,11-14,16H2,1-2H3. The number of benzene rings is 1. The summed E-state index contributed by atoms with van der Waals surface area (Å²) >= 11 is 0. The average Bonchev–Trinajstić information content (AvgIpc) is 2.73. The van der Waals surface area contributed by atoms with Crippen molar-refractivity contribution in [3.05, 3.63) is 53.9 Å². The van der Waals surface area contributed by atoms with Crippen LogP contribution in [-0.4, -0.2) is 61.1 Å². The Morgan fingerprint density at radius 2 is 1.78 bits per heavy atom. The molecule has 0 bridgehead atoms. The molecule has 1 aliphatic heterocycles. The minimum absolute atomic E-state index is 0.198. The van der Waals surface area contributed by atoms with Crippen molar-refractivity contribution >= 4 is 5.91 Å². The number of carbonyl (C=O) groups excluding carboxylic acids is 1. The first-order valence-electron chi connectivity index (χ1n) is 9.29. The molecular formula is C21H27N3O3. The number of amides is 1. The van der Waals surface area contributed by atoms with Crippen molar-refractivity contribution < 1.29 is 14.3 Å². The van der Waals surface area contributed by atoms with Gasteiger partial charge in [0.1, 0.15) is 11.5 Å². The Morgan fingerprint density at radius 3 is 2.44 bits per heavy atom. The van der Waals surface area contributed by atoms with Gasteiger partial charge in [0.15, 0.2) is 0 Å². The molecule has 0 N–H and O–H groups in total. The zero-order valence-electron chi connectivity index (χ0n) is 16.1. The number of hydrogen-bond acceptors (Lipinski definition) is 5. The Balaban J connectivity index is 1.48. The molecule has 3 rings (SSSR count). The quantitative estimate of drug-likeness (QED) is 0.750. The molecule has 1 fully saturated rings. The van der Waals surface area contributed by atoms with Gasteiger partial charge in [0.2, 0.25) is 5.91 Å². The van der Waals surface area contributed by atoms with Crippen molar-refractivity contribution in [1.82, 2.24) is 14.8 Å². The van der Waals surface area contributed by atoms with E-state index in [0.29, 0.717) is 12.8 Å². The van der Waals surface area contributed by atoms with E-state index in [1.807, 2.05) is 47.6 Å². The van der Waals surface area contributed by atoms with Crippen LogP contribution in [0.4, 0.5) is 0 Å². The van der Waals surface area contributed by atoms with Gasteiger partial charge in [-0.15, -0.1) is 0 Å². The fourth-order valence-electron chi connectivity index (χ4n) is 3.38. The SMILES string of the molecule is COc1ccc(OC)c(CCC(=O)N2CCN(Cc3ccncc3)CC2)c1. The highest BCUT2D eigenvalue weighted by molar-refractivity contribution is 5.76. The molecule has 0 aliphatic carbocycles. The number of piperazine rings is 1. The number of carbonyl (C=O) groups is 1. The van der Waals surface area contributed by atoms with Crippen LogP contribution in [0.15, 0.2) is 42.7 Å². The topological polar surface area (TPSA) is 54.9 Å². The predicted molar refractivity (Wildman–Crippen MR) is 104 cm³/mol. The number of aromatic nitrogens is 1. The van der Waals surface area contributed by atoms with Gasteiger partial charge in [-0.05, 0) is 47.9 Å². The molecule has 0 spiro atoms. The zero-order valence-corrected chi connectivity index (χ0v) is 16.1. The number of hydrogen-bond donors (Lipinski definition) is 0. The number of aryl methyl sites for hydroxylation is 1. The Morgan fingerprint density at radius 1 is 1.04 bits per heavy atom. The van der Waals surface area contributed by atoms with Crippen molar-refractivity contribution in [2.45, 2.75) is 19.4 Å². The van der Waals surface area contributed by atoms with Crippen LogP contribution in [0.25, 0.3) is 0 Å². The van der Waals surface area contributed by atoms with Crippen LogP contribution >= 0.6 is 0 Å². The molecule has 1 amide bonds. The highest BCUT2D eigenvalue weighted by Crippen LogP contribution is 2.25. The van der Waals surface area contributed by atoms with E-state index in [0.717, 1.165) is 49.8 Å². The molecular weight excluding hydrogens is 342 g/mol. The molecule has 0 atom stereocenters. The van der Waals surface area contributed by atoms with Gasteiger partial charge >= 0.3 is 0 Å². The summed E-state index contributed by atoms with van der Waals surface area (Å²) in [6.07, 6.45) is 4.77. The minimum atomic E-state index is 0.198. The van der Waals surface area contributed by atoms with Crippen LogP contribution < -0.4 is 9.47 Å². The Bertz CT molecular complexity index is 744. The Hall–Kier alpha value is -2.60. The van der Waals surface area contributed by atoms with Gasteiger partial charge in [-0.25, -0.2) is 0 Å². The lowest BCUT2D eigenvalue weighted by Gasteiger charge is -2.34. The average molecular weight is 369 g/mol. The Labute approximate surface area is 160 Å². The van der Waals surface area contributed by atoms with Crippen LogP contribution in [0, 0.1) is 0 Å². The van der Waals surface area contributed by atoms with E-state index in [1.165, 1.54) is 5.56 Å². The molecule has 0 unspecified atom stereocenters. The number of methoxy groups -OCH3 is 2. The lowest BCUT2D eigenvalue weighted by molar-refractivity contribution is -0.133. The van der Waals surface area contributed by atoms with Crippen molar-refractivity contribution in [2.24, 2.45) is 0 Å². The predicted octanol–water partition coefficient (Wildman–Crippen LogP) is 2.38. The molecule has 27 heavy (non-hydrogen) atoms. The van der Waals surface area contributed by atoms with E-state index in [2.05, 4.69) is 9.88 Å². The van der Waals surface area contributed by atoms with Crippen molar-refractivity contribution in [3.8, 4) is 11.5 Å². The fourth-order valence-corrected chi connectivity index (χ4v) is 3.38. The molecule has 144 valence electrons. The summed E-state index contributed by atoms with van der Waals surface area (Å²) in [5, 5.41) is 0. The van der Waals surface area contributed by atoms with Gasteiger partial charge in [0, 0.05) is 51.5 Å². The minimum Gasteiger partial charge on any atom is -0.497 e. The summed E-state index contributed by atoms with van der Waals surface area (Å²) in [6.45, 7) is 4.26. The maximum Gasteiger partial charge on any atom is 0.222 e. The van der Waals surface area contributed by atoms with Crippen LogP contribution in [0.5, 0.6) is 11.5 Å². The zero-order chi connectivity index (χ0) is 19.1. The third-order valence-electron chi connectivity index (χ3n) is 4.98. The van der Waals surface area contributed by atoms with E-state index in [4.69, 9.17) is 9.47 Å². The summed E-state index contributed by atoms with van der Waals surface area (Å²) in [7, 11) is 3.29. The number of pyridine rings is 1. The molecule has 1 aliphatic rings. The number of nitrogens with zero attached hydrogens (tertiary/aromatic N) is 3. The van der Waals surface area contributed by atoms with Crippen molar-refractivity contribution in [2.75, 3.05) is 40.4 Å². The van der Waals surface area contributed by atoms with Gasteiger partial charge in [0.25, 0.3) is 0 Å². The highest BCUT2D eigenvalue weighted by atomic mass is 16.5. The van der Waals surface area contributed by atoms with E-state index in [-0.39, 0.29) is 5.91 Å². The second-order valence-corrected chi connectivity index (χ2v) is 6.69. The Kier molecular flexibility index (Phi) is 6.65. The van der Waals surface area contributed by atoms with Crippen molar-refractivity contribution in [1.29, 1.82) is 0 Å². The highest BCUT2D eigenvalue weighted by Gasteiger charge is 2.21. The third-order valence-corrected chi connectivity index (χ3v) is 4.98. The lowest BCUT2D eigenvalue weighted by atomic mass is 10.1. The molecule has 2 aromatic rings. The van der Waals surface area contributed by atoms with Gasteiger partial charge in [-0.2, -0.15) is 0 Å². The van der Waals surface area contributed by atoms with Crippen LogP contribution in [0.2, 0.25) is 0 Å². The second kappa shape index (κ2) is 9.37.